The molecule has 2 heterocycles. The minimum Gasteiger partial charge on any atom is -0.383 e. The van der Waals surface area contributed by atoms with E-state index in [-0.39, 0.29) is 17.8 Å². The van der Waals surface area contributed by atoms with E-state index in [4.69, 9.17) is 4.74 Å². The number of ether oxygens (including phenoxy) is 1. The smallest absolute Gasteiger partial charge is 0.314 e. The highest BCUT2D eigenvalue weighted by Crippen LogP contribution is 2.25. The summed E-state index contributed by atoms with van der Waals surface area (Å²) in [5, 5.41) is 21.6. The molecule has 1 aliphatic heterocycles. The lowest BCUT2D eigenvalue weighted by Gasteiger charge is -2.34. The number of morpholine rings is 1. The van der Waals surface area contributed by atoms with Crippen LogP contribution in [0.25, 0.3) is 0 Å². The van der Waals surface area contributed by atoms with Gasteiger partial charge in [0.25, 0.3) is 5.69 Å². The Labute approximate surface area is 173 Å². The third-order valence-corrected chi connectivity index (χ3v) is 5.61. The molecule has 0 spiro atoms. The highest BCUT2D eigenvalue weighted by Gasteiger charge is 2.23. The van der Waals surface area contributed by atoms with Crippen LogP contribution in [0, 0.1) is 10.1 Å². The van der Waals surface area contributed by atoms with Gasteiger partial charge in [0.05, 0.1) is 24.2 Å². The molecule has 2 aromatic rings. The first kappa shape index (κ1) is 21.0. The molecule has 0 saturated carbocycles. The number of non-ortho nitro benzene ring substituents is 1. The van der Waals surface area contributed by atoms with E-state index in [0.29, 0.717) is 32.8 Å². The number of amides is 2. The van der Waals surface area contributed by atoms with E-state index < -0.39 is 4.92 Å². The number of nitrogens with one attached hydrogen (secondary N) is 3. The molecule has 29 heavy (non-hydrogen) atoms. The maximum absolute atomic E-state index is 12.2. The Bertz CT molecular complexity index is 778. The molecule has 0 radical (unpaired) electrons. The summed E-state index contributed by atoms with van der Waals surface area (Å²) in [4.78, 5) is 26.0. The van der Waals surface area contributed by atoms with Crippen molar-refractivity contribution in [3.05, 3.63) is 56.8 Å². The van der Waals surface area contributed by atoms with E-state index in [9.17, 15) is 14.9 Å². The Balaban J connectivity index is 1.39. The molecule has 3 N–H and O–H groups in total. The summed E-state index contributed by atoms with van der Waals surface area (Å²) in [7, 11) is 0. The molecule has 1 fully saturated rings. The maximum Gasteiger partial charge on any atom is 0.314 e. The maximum atomic E-state index is 12.2. The molecule has 0 unspecified atom stereocenters. The number of rotatable bonds is 9. The van der Waals surface area contributed by atoms with E-state index in [1.807, 2.05) is 11.4 Å². The van der Waals surface area contributed by atoms with Crippen LogP contribution in [0.4, 0.5) is 16.2 Å². The van der Waals surface area contributed by atoms with E-state index in [2.05, 4.69) is 26.9 Å². The van der Waals surface area contributed by atoms with Crippen molar-refractivity contribution in [1.29, 1.82) is 0 Å². The van der Waals surface area contributed by atoms with Crippen LogP contribution < -0.4 is 16.0 Å². The van der Waals surface area contributed by atoms with Gasteiger partial charge in [0.2, 0.25) is 0 Å². The summed E-state index contributed by atoms with van der Waals surface area (Å²) in [5.41, 5.74) is 0.816. The topological polar surface area (TPSA) is 109 Å². The standard InChI is InChI=1S/C19H25N5O4S/c25-19(21-8-7-20-15-3-5-16(6-4-15)24(26)27)22-14-17(18-2-1-13-29-18)23-9-11-28-12-10-23/h1-6,13,17,20H,7-12,14H2,(H2,21,22,25)/t17-/m1/s1. The van der Waals surface area contributed by atoms with Gasteiger partial charge in [0.1, 0.15) is 0 Å². The monoisotopic (exact) mass is 419 g/mol. The summed E-state index contributed by atoms with van der Waals surface area (Å²) in [6, 6.07) is 10.2. The molecule has 10 heteroatoms. The van der Waals surface area contributed by atoms with Crippen molar-refractivity contribution < 1.29 is 14.5 Å². The number of hydrogen-bond acceptors (Lipinski definition) is 7. The average Bonchev–Trinajstić information content (AvgIpc) is 3.27. The largest absolute Gasteiger partial charge is 0.383 e. The summed E-state index contributed by atoms with van der Waals surface area (Å²) >= 11 is 1.69. The van der Waals surface area contributed by atoms with Crippen LogP contribution in [-0.4, -0.2) is 61.8 Å². The second-order valence-electron chi connectivity index (χ2n) is 6.55. The fraction of sp³-hybridized carbons (Fsp3) is 0.421. The van der Waals surface area contributed by atoms with Crippen LogP contribution in [-0.2, 0) is 4.74 Å². The molecule has 1 aliphatic rings. The van der Waals surface area contributed by atoms with Gasteiger partial charge in [-0.1, -0.05) is 6.07 Å². The summed E-state index contributed by atoms with van der Waals surface area (Å²) in [6.07, 6.45) is 0. The molecule has 9 nitrogen and oxygen atoms in total. The number of nitro benzene ring substituents is 1. The molecule has 156 valence electrons. The lowest BCUT2D eigenvalue weighted by Crippen LogP contribution is -2.46. The number of urea groups is 1. The van der Waals surface area contributed by atoms with Gasteiger partial charge in [-0.15, -0.1) is 11.3 Å². The predicted molar refractivity (Wildman–Crippen MR) is 112 cm³/mol. The Morgan fingerprint density at radius 2 is 1.93 bits per heavy atom. The van der Waals surface area contributed by atoms with Crippen molar-refractivity contribution in [2.45, 2.75) is 6.04 Å². The van der Waals surface area contributed by atoms with E-state index >= 15 is 0 Å². The molecular weight excluding hydrogens is 394 g/mol. The second kappa shape index (κ2) is 10.7. The van der Waals surface area contributed by atoms with Gasteiger partial charge >= 0.3 is 6.03 Å². The van der Waals surface area contributed by atoms with Gasteiger partial charge in [-0.25, -0.2) is 4.79 Å². The number of nitrogens with zero attached hydrogens (tertiary/aromatic N) is 2. The first-order valence-electron chi connectivity index (χ1n) is 9.49. The first-order valence-corrected chi connectivity index (χ1v) is 10.4. The molecule has 2 amide bonds. The fourth-order valence-electron chi connectivity index (χ4n) is 3.12. The Morgan fingerprint density at radius 3 is 2.59 bits per heavy atom. The minimum atomic E-state index is -0.434. The molecule has 1 saturated heterocycles. The predicted octanol–water partition coefficient (Wildman–Crippen LogP) is 2.44. The van der Waals surface area contributed by atoms with Gasteiger partial charge in [-0.2, -0.15) is 0 Å². The van der Waals surface area contributed by atoms with Crippen LogP contribution in [0.2, 0.25) is 0 Å². The SMILES string of the molecule is O=C(NCCNc1ccc([N+](=O)[O-])cc1)NC[C@H](c1cccs1)N1CCOCC1. The zero-order valence-corrected chi connectivity index (χ0v) is 16.8. The summed E-state index contributed by atoms with van der Waals surface area (Å²) < 4.78 is 5.43. The van der Waals surface area contributed by atoms with Crippen LogP contribution in [0.3, 0.4) is 0 Å². The van der Waals surface area contributed by atoms with Crippen molar-refractivity contribution in [1.82, 2.24) is 15.5 Å². The number of benzene rings is 1. The van der Waals surface area contributed by atoms with Gasteiger partial charge in [0.15, 0.2) is 0 Å². The van der Waals surface area contributed by atoms with E-state index in [1.54, 1.807) is 23.5 Å². The molecule has 0 bridgehead atoms. The third kappa shape index (κ3) is 6.41. The van der Waals surface area contributed by atoms with Crippen LogP contribution >= 0.6 is 11.3 Å². The molecular formula is C19H25N5O4S. The molecule has 1 atom stereocenters. The van der Waals surface area contributed by atoms with Crippen molar-refractivity contribution in [3.8, 4) is 0 Å². The minimum absolute atomic E-state index is 0.0496. The molecule has 3 rings (SSSR count). The number of carbonyl (C=O) groups excluding carboxylic acids is 1. The second-order valence-corrected chi connectivity index (χ2v) is 7.53. The lowest BCUT2D eigenvalue weighted by molar-refractivity contribution is -0.384. The van der Waals surface area contributed by atoms with Crippen LogP contribution in [0.5, 0.6) is 0 Å². The molecule has 0 aliphatic carbocycles. The third-order valence-electron chi connectivity index (χ3n) is 4.63. The Kier molecular flexibility index (Phi) is 7.79. The zero-order chi connectivity index (χ0) is 20.5. The van der Waals surface area contributed by atoms with Crippen molar-refractivity contribution in [2.75, 3.05) is 51.3 Å². The first-order chi connectivity index (χ1) is 14.1. The average molecular weight is 420 g/mol. The molecule has 1 aromatic carbocycles. The fourth-order valence-corrected chi connectivity index (χ4v) is 3.98. The normalized spacial score (nSPS) is 15.4. The van der Waals surface area contributed by atoms with Crippen molar-refractivity contribution in [2.24, 2.45) is 0 Å². The zero-order valence-electron chi connectivity index (χ0n) is 16.0. The Morgan fingerprint density at radius 1 is 1.17 bits per heavy atom. The highest BCUT2D eigenvalue weighted by molar-refractivity contribution is 7.10. The molecule has 1 aromatic heterocycles. The van der Waals surface area contributed by atoms with E-state index in [0.717, 1.165) is 18.8 Å². The Hall–Kier alpha value is -2.69. The number of thiophene rings is 1. The van der Waals surface area contributed by atoms with Gasteiger partial charge in [-0.3, -0.25) is 15.0 Å². The summed E-state index contributed by atoms with van der Waals surface area (Å²) in [6.45, 7) is 4.61. The quantitative estimate of drug-likeness (QED) is 0.327. The van der Waals surface area contributed by atoms with Gasteiger partial charge in [-0.05, 0) is 23.6 Å². The van der Waals surface area contributed by atoms with Gasteiger partial charge < -0.3 is 20.7 Å². The number of hydrogen-bond donors (Lipinski definition) is 3. The van der Waals surface area contributed by atoms with E-state index in [1.165, 1.54) is 17.0 Å². The van der Waals surface area contributed by atoms with Crippen molar-refractivity contribution in [3.63, 3.8) is 0 Å². The number of carbonyl (C=O) groups is 1. The van der Waals surface area contributed by atoms with Gasteiger partial charge in [0, 0.05) is 55.4 Å². The van der Waals surface area contributed by atoms with Crippen LogP contribution in [0.1, 0.15) is 10.9 Å². The highest BCUT2D eigenvalue weighted by atomic mass is 32.1. The lowest BCUT2D eigenvalue weighted by atomic mass is 10.2. The number of nitro groups is 1. The van der Waals surface area contributed by atoms with Crippen LogP contribution in [0.15, 0.2) is 41.8 Å². The summed E-state index contributed by atoms with van der Waals surface area (Å²) in [5.74, 6) is 0. The number of anilines is 1. The van der Waals surface area contributed by atoms with Crippen molar-refractivity contribution >= 4 is 28.7 Å².